The van der Waals surface area contributed by atoms with Crippen LogP contribution in [0.3, 0.4) is 0 Å². The normalized spacial score (nSPS) is 14.5. The second-order valence-corrected chi connectivity index (χ2v) is 8.41. The lowest BCUT2D eigenvalue weighted by molar-refractivity contribution is 0.165. The smallest absolute Gasteiger partial charge is 0.175 e. The monoisotopic (exact) mass is 347 g/mol. The molecule has 0 aliphatic heterocycles. The minimum atomic E-state index is -3.22. The van der Waals surface area contributed by atoms with Gasteiger partial charge >= 0.3 is 0 Å². The van der Waals surface area contributed by atoms with Gasteiger partial charge in [-0.3, -0.25) is 0 Å². The molecule has 2 unspecified atom stereocenters. The van der Waals surface area contributed by atoms with Crippen LogP contribution in [0.25, 0.3) is 0 Å². The molecule has 0 amide bonds. The van der Waals surface area contributed by atoms with E-state index in [0.717, 1.165) is 0 Å². The van der Waals surface area contributed by atoms with E-state index in [1.54, 1.807) is 12.1 Å². The zero-order valence-electron chi connectivity index (χ0n) is 14.3. The number of aliphatic hydroxyl groups excluding tert-OH is 1. The van der Waals surface area contributed by atoms with Gasteiger partial charge in [-0.25, -0.2) is 8.42 Å². The quantitative estimate of drug-likeness (QED) is 0.808. The minimum absolute atomic E-state index is 0.149. The first kappa shape index (κ1) is 18.6. The summed E-state index contributed by atoms with van der Waals surface area (Å²) in [7, 11) is -3.22. The van der Waals surface area contributed by atoms with Gasteiger partial charge in [0, 0.05) is 18.8 Å². The minimum Gasteiger partial charge on any atom is -0.387 e. The molecule has 0 bridgehead atoms. The standard InChI is InChI=1S/C19H25NO3S/c1-14(2)19(16-7-5-4-6-8-16)20-13-18(21)15-9-11-17(12-10-15)24(3,22)23/h4-12,14,18-21H,13H2,1-3H3. The molecular weight excluding hydrogens is 322 g/mol. The Kier molecular flexibility index (Phi) is 6.15. The summed E-state index contributed by atoms with van der Waals surface area (Å²) in [6.07, 6.45) is 0.483. The van der Waals surface area contributed by atoms with Crippen LogP contribution in [0.1, 0.15) is 37.1 Å². The third-order valence-electron chi connectivity index (χ3n) is 4.05. The van der Waals surface area contributed by atoms with E-state index in [2.05, 4.69) is 31.3 Å². The SMILES string of the molecule is CC(C)C(NCC(O)c1ccc(S(C)(=O)=O)cc1)c1ccccc1. The maximum atomic E-state index is 11.5. The first-order valence-corrected chi connectivity index (χ1v) is 9.94. The van der Waals surface area contributed by atoms with Crippen molar-refractivity contribution in [2.24, 2.45) is 5.92 Å². The summed E-state index contributed by atoms with van der Waals surface area (Å²) in [5.41, 5.74) is 1.89. The molecule has 0 aliphatic rings. The lowest BCUT2D eigenvalue weighted by atomic mass is 9.95. The summed E-state index contributed by atoms with van der Waals surface area (Å²) >= 11 is 0. The largest absolute Gasteiger partial charge is 0.387 e. The van der Waals surface area contributed by atoms with Crippen molar-refractivity contribution in [1.82, 2.24) is 5.32 Å². The van der Waals surface area contributed by atoms with Gasteiger partial charge in [-0.1, -0.05) is 56.3 Å². The van der Waals surface area contributed by atoms with Crippen LogP contribution in [0.15, 0.2) is 59.5 Å². The molecule has 0 spiro atoms. The highest BCUT2D eigenvalue weighted by molar-refractivity contribution is 7.90. The Morgan fingerprint density at radius 3 is 2.04 bits per heavy atom. The number of hydrogen-bond donors (Lipinski definition) is 2. The molecule has 0 saturated carbocycles. The van der Waals surface area contributed by atoms with Gasteiger partial charge in [0.2, 0.25) is 0 Å². The van der Waals surface area contributed by atoms with E-state index < -0.39 is 15.9 Å². The second-order valence-electron chi connectivity index (χ2n) is 6.40. The van der Waals surface area contributed by atoms with Gasteiger partial charge in [0.25, 0.3) is 0 Å². The lowest BCUT2D eigenvalue weighted by Gasteiger charge is -2.24. The molecule has 0 fully saturated rings. The molecule has 0 heterocycles. The van der Waals surface area contributed by atoms with Crippen molar-refractivity contribution in [1.29, 1.82) is 0 Å². The molecule has 2 atom stereocenters. The molecule has 0 aliphatic carbocycles. The Bertz CT molecular complexity index is 740. The van der Waals surface area contributed by atoms with Crippen LogP contribution in [-0.4, -0.2) is 26.3 Å². The highest BCUT2D eigenvalue weighted by Gasteiger charge is 2.17. The lowest BCUT2D eigenvalue weighted by Crippen LogP contribution is -2.29. The van der Waals surface area contributed by atoms with E-state index in [0.29, 0.717) is 18.0 Å². The fraction of sp³-hybridized carbons (Fsp3) is 0.368. The molecule has 4 nitrogen and oxygen atoms in total. The fourth-order valence-electron chi connectivity index (χ4n) is 2.69. The zero-order valence-corrected chi connectivity index (χ0v) is 15.1. The highest BCUT2D eigenvalue weighted by atomic mass is 32.2. The molecular formula is C19H25NO3S. The van der Waals surface area contributed by atoms with Crippen LogP contribution in [0, 0.1) is 5.92 Å². The number of sulfone groups is 1. The van der Waals surface area contributed by atoms with E-state index in [-0.39, 0.29) is 10.9 Å². The van der Waals surface area contributed by atoms with Crippen molar-refractivity contribution in [3.63, 3.8) is 0 Å². The molecule has 2 aromatic carbocycles. The van der Waals surface area contributed by atoms with Gasteiger partial charge < -0.3 is 10.4 Å². The summed E-state index contributed by atoms with van der Waals surface area (Å²) in [5, 5.41) is 13.8. The van der Waals surface area contributed by atoms with Crippen molar-refractivity contribution < 1.29 is 13.5 Å². The van der Waals surface area contributed by atoms with Crippen LogP contribution in [0.2, 0.25) is 0 Å². The van der Waals surface area contributed by atoms with Gasteiger partial charge in [-0.15, -0.1) is 0 Å². The van der Waals surface area contributed by atoms with E-state index in [4.69, 9.17) is 0 Å². The van der Waals surface area contributed by atoms with E-state index in [1.165, 1.54) is 24.0 Å². The van der Waals surface area contributed by atoms with Gasteiger partial charge in [0.1, 0.15) is 0 Å². The van der Waals surface area contributed by atoms with Crippen molar-refractivity contribution >= 4 is 9.84 Å². The Balaban J connectivity index is 2.04. The molecule has 2 N–H and O–H groups in total. The number of benzene rings is 2. The van der Waals surface area contributed by atoms with Gasteiger partial charge in [-0.05, 0) is 29.2 Å². The maximum absolute atomic E-state index is 11.5. The molecule has 2 rings (SSSR count). The first-order valence-electron chi connectivity index (χ1n) is 8.05. The summed E-state index contributed by atoms with van der Waals surface area (Å²) in [6.45, 7) is 4.67. The second kappa shape index (κ2) is 7.92. The Morgan fingerprint density at radius 2 is 1.54 bits per heavy atom. The van der Waals surface area contributed by atoms with Crippen molar-refractivity contribution in [3.05, 3.63) is 65.7 Å². The molecule has 2 aromatic rings. The predicted octanol–water partition coefficient (Wildman–Crippen LogP) is 3.11. The third-order valence-corrected chi connectivity index (χ3v) is 5.18. The molecule has 130 valence electrons. The number of nitrogens with one attached hydrogen (secondary N) is 1. The maximum Gasteiger partial charge on any atom is 0.175 e. The van der Waals surface area contributed by atoms with E-state index in [9.17, 15) is 13.5 Å². The Morgan fingerprint density at radius 1 is 0.958 bits per heavy atom. The van der Waals surface area contributed by atoms with Gasteiger partial charge in [0.05, 0.1) is 11.0 Å². The van der Waals surface area contributed by atoms with Crippen LogP contribution in [0.5, 0.6) is 0 Å². The molecule has 5 heteroatoms. The fourth-order valence-corrected chi connectivity index (χ4v) is 3.32. The van der Waals surface area contributed by atoms with Crippen LogP contribution < -0.4 is 5.32 Å². The van der Waals surface area contributed by atoms with Crippen molar-refractivity contribution in [2.45, 2.75) is 30.9 Å². The summed E-state index contributed by atoms with van der Waals surface area (Å²) < 4.78 is 23.0. The van der Waals surface area contributed by atoms with Crippen LogP contribution in [-0.2, 0) is 9.84 Å². The summed E-state index contributed by atoms with van der Waals surface area (Å²) in [6, 6.07) is 16.7. The molecule has 0 aromatic heterocycles. The first-order chi connectivity index (χ1) is 11.3. The Labute approximate surface area is 144 Å². The molecule has 24 heavy (non-hydrogen) atoms. The van der Waals surface area contributed by atoms with Crippen molar-refractivity contribution in [3.8, 4) is 0 Å². The van der Waals surface area contributed by atoms with Crippen LogP contribution in [0.4, 0.5) is 0 Å². The summed E-state index contributed by atoms with van der Waals surface area (Å²) in [4.78, 5) is 0.260. The number of rotatable bonds is 7. The molecule has 0 saturated heterocycles. The number of aliphatic hydroxyl groups is 1. The zero-order chi connectivity index (χ0) is 17.7. The summed E-state index contributed by atoms with van der Waals surface area (Å²) in [5.74, 6) is 0.382. The number of hydrogen-bond acceptors (Lipinski definition) is 4. The van der Waals surface area contributed by atoms with Crippen molar-refractivity contribution in [2.75, 3.05) is 12.8 Å². The van der Waals surface area contributed by atoms with Gasteiger partial charge in [-0.2, -0.15) is 0 Å². The Hall–Kier alpha value is -1.69. The average molecular weight is 347 g/mol. The highest BCUT2D eigenvalue weighted by Crippen LogP contribution is 2.23. The topological polar surface area (TPSA) is 66.4 Å². The van der Waals surface area contributed by atoms with Gasteiger partial charge in [0.15, 0.2) is 9.84 Å². The average Bonchev–Trinajstić information content (AvgIpc) is 2.55. The van der Waals surface area contributed by atoms with E-state index in [1.807, 2.05) is 18.2 Å². The predicted molar refractivity (Wildman–Crippen MR) is 96.5 cm³/mol. The van der Waals surface area contributed by atoms with Crippen LogP contribution >= 0.6 is 0 Å². The third kappa shape index (κ3) is 4.90. The van der Waals surface area contributed by atoms with E-state index >= 15 is 0 Å². The molecule has 0 radical (unpaired) electrons.